The van der Waals surface area contributed by atoms with Gasteiger partial charge in [-0.05, 0) is 23.6 Å². The predicted molar refractivity (Wildman–Crippen MR) is 58.5 cm³/mol. The maximum absolute atomic E-state index is 10.8. The van der Waals surface area contributed by atoms with Crippen molar-refractivity contribution in [3.05, 3.63) is 23.8 Å². The molecule has 0 saturated heterocycles. The van der Waals surface area contributed by atoms with Gasteiger partial charge in [0.05, 0.1) is 0 Å². The van der Waals surface area contributed by atoms with Gasteiger partial charge in [0.1, 0.15) is 0 Å². The molecule has 0 bridgehead atoms. The Hall–Kier alpha value is -1.84. The van der Waals surface area contributed by atoms with Crippen molar-refractivity contribution in [3.8, 4) is 11.5 Å². The van der Waals surface area contributed by atoms with Gasteiger partial charge in [0, 0.05) is 6.92 Å². The van der Waals surface area contributed by atoms with Crippen molar-refractivity contribution in [2.75, 3.05) is 0 Å². The molecule has 0 aromatic heterocycles. The van der Waals surface area contributed by atoms with E-state index in [1.54, 1.807) is 12.1 Å². The van der Waals surface area contributed by atoms with Gasteiger partial charge in [0.15, 0.2) is 11.5 Å². The van der Waals surface area contributed by atoms with Crippen LogP contribution < -0.4 is 9.47 Å². The second kappa shape index (κ2) is 5.30. The normalized spacial score (nSPS) is 10.0. The van der Waals surface area contributed by atoms with Crippen molar-refractivity contribution in [1.82, 2.24) is 0 Å². The van der Waals surface area contributed by atoms with Crippen molar-refractivity contribution in [1.29, 1.82) is 0 Å². The molecule has 0 saturated carbocycles. The standard InChI is InChI=1S/C12H14O4/c1-8(2)10-4-5-11(16-9(3)14)12(6-10)15-7-13/h4-8H,1-3H3. The average Bonchev–Trinajstić information content (AvgIpc) is 2.20. The van der Waals surface area contributed by atoms with Crippen LogP contribution in [-0.2, 0) is 9.59 Å². The Kier molecular flexibility index (Phi) is 4.05. The van der Waals surface area contributed by atoms with E-state index in [0.717, 1.165) is 5.56 Å². The first-order valence-corrected chi connectivity index (χ1v) is 4.97. The lowest BCUT2D eigenvalue weighted by molar-refractivity contribution is -0.132. The predicted octanol–water partition coefficient (Wildman–Crippen LogP) is 2.27. The smallest absolute Gasteiger partial charge is 0.308 e. The zero-order valence-electron chi connectivity index (χ0n) is 9.52. The molecule has 0 aliphatic carbocycles. The number of esters is 1. The van der Waals surface area contributed by atoms with Crippen LogP contribution in [0, 0.1) is 0 Å². The van der Waals surface area contributed by atoms with E-state index in [-0.39, 0.29) is 11.5 Å². The summed E-state index contributed by atoms with van der Waals surface area (Å²) >= 11 is 0. The molecule has 86 valence electrons. The first-order valence-electron chi connectivity index (χ1n) is 4.97. The third-order valence-corrected chi connectivity index (χ3v) is 2.06. The van der Waals surface area contributed by atoms with Crippen molar-refractivity contribution in [3.63, 3.8) is 0 Å². The van der Waals surface area contributed by atoms with Crippen LogP contribution in [0.2, 0.25) is 0 Å². The lowest BCUT2D eigenvalue weighted by Crippen LogP contribution is -2.04. The maximum atomic E-state index is 10.8. The highest BCUT2D eigenvalue weighted by Gasteiger charge is 2.10. The van der Waals surface area contributed by atoms with Gasteiger partial charge < -0.3 is 9.47 Å². The molecule has 4 heteroatoms. The number of carbonyl (C=O) groups excluding carboxylic acids is 2. The minimum absolute atomic E-state index is 0.254. The van der Waals surface area contributed by atoms with E-state index >= 15 is 0 Å². The molecule has 0 aliphatic heterocycles. The molecule has 0 fully saturated rings. The number of hydrogen-bond donors (Lipinski definition) is 0. The average molecular weight is 222 g/mol. The van der Waals surface area contributed by atoms with Crippen LogP contribution in [-0.4, -0.2) is 12.4 Å². The highest BCUT2D eigenvalue weighted by atomic mass is 16.6. The van der Waals surface area contributed by atoms with E-state index in [1.807, 2.05) is 19.9 Å². The Morgan fingerprint density at radius 1 is 1.31 bits per heavy atom. The molecule has 0 N–H and O–H groups in total. The van der Waals surface area contributed by atoms with Crippen molar-refractivity contribution < 1.29 is 19.1 Å². The van der Waals surface area contributed by atoms with Crippen LogP contribution in [0.15, 0.2) is 18.2 Å². The summed E-state index contributed by atoms with van der Waals surface area (Å²) in [5.74, 6) is 0.369. The summed E-state index contributed by atoms with van der Waals surface area (Å²) in [7, 11) is 0. The van der Waals surface area contributed by atoms with Gasteiger partial charge in [0.25, 0.3) is 6.47 Å². The third-order valence-electron chi connectivity index (χ3n) is 2.06. The Labute approximate surface area is 94.2 Å². The van der Waals surface area contributed by atoms with Gasteiger partial charge in [-0.25, -0.2) is 0 Å². The molecule has 0 amide bonds. The van der Waals surface area contributed by atoms with Crippen molar-refractivity contribution in [2.45, 2.75) is 26.7 Å². The number of carbonyl (C=O) groups is 2. The van der Waals surface area contributed by atoms with Gasteiger partial charge in [-0.2, -0.15) is 0 Å². The van der Waals surface area contributed by atoms with Gasteiger partial charge in [0.2, 0.25) is 0 Å². The maximum Gasteiger partial charge on any atom is 0.308 e. The monoisotopic (exact) mass is 222 g/mol. The molecule has 0 radical (unpaired) electrons. The summed E-state index contributed by atoms with van der Waals surface area (Å²) in [4.78, 5) is 21.2. The summed E-state index contributed by atoms with van der Waals surface area (Å²) in [6, 6.07) is 5.15. The molecule has 16 heavy (non-hydrogen) atoms. The first kappa shape index (κ1) is 12.2. The quantitative estimate of drug-likeness (QED) is 0.445. The minimum atomic E-state index is -0.451. The first-order chi connectivity index (χ1) is 7.54. The van der Waals surface area contributed by atoms with Crippen LogP contribution in [0.3, 0.4) is 0 Å². The Bertz CT molecular complexity index is 396. The van der Waals surface area contributed by atoms with Crippen molar-refractivity contribution >= 4 is 12.4 Å². The molecular formula is C12H14O4. The number of rotatable bonds is 4. The van der Waals surface area contributed by atoms with Crippen molar-refractivity contribution in [2.24, 2.45) is 0 Å². The summed E-state index contributed by atoms with van der Waals surface area (Å²) in [5.41, 5.74) is 1.01. The van der Waals surface area contributed by atoms with E-state index in [1.165, 1.54) is 6.92 Å². The van der Waals surface area contributed by atoms with Gasteiger partial charge in [-0.3, -0.25) is 9.59 Å². The summed E-state index contributed by atoms with van der Waals surface area (Å²) < 4.78 is 9.68. The zero-order valence-corrected chi connectivity index (χ0v) is 9.52. The fourth-order valence-electron chi connectivity index (χ4n) is 1.27. The van der Waals surface area contributed by atoms with Crippen LogP contribution in [0.5, 0.6) is 11.5 Å². The second-order valence-corrected chi connectivity index (χ2v) is 3.67. The summed E-state index contributed by atoms with van der Waals surface area (Å²) in [6.45, 7) is 5.64. The van der Waals surface area contributed by atoms with Crippen LogP contribution in [0.25, 0.3) is 0 Å². The highest BCUT2D eigenvalue weighted by molar-refractivity contribution is 5.71. The van der Waals surface area contributed by atoms with Gasteiger partial charge in [-0.1, -0.05) is 19.9 Å². The third kappa shape index (κ3) is 3.08. The largest absolute Gasteiger partial charge is 0.425 e. The molecule has 0 aliphatic rings. The SMILES string of the molecule is CC(=O)Oc1ccc(C(C)C)cc1OC=O. The summed E-state index contributed by atoms with van der Waals surface area (Å²) in [6.07, 6.45) is 0. The molecule has 0 heterocycles. The molecule has 4 nitrogen and oxygen atoms in total. The Morgan fingerprint density at radius 3 is 2.50 bits per heavy atom. The molecule has 1 aromatic carbocycles. The van der Waals surface area contributed by atoms with E-state index < -0.39 is 5.97 Å². The molecule has 0 spiro atoms. The Balaban J connectivity index is 3.08. The van der Waals surface area contributed by atoms with E-state index in [9.17, 15) is 9.59 Å². The minimum Gasteiger partial charge on any atom is -0.425 e. The topological polar surface area (TPSA) is 52.6 Å². The Morgan fingerprint density at radius 2 is 2.00 bits per heavy atom. The molecule has 0 unspecified atom stereocenters. The lowest BCUT2D eigenvalue weighted by atomic mass is 10.0. The fraction of sp³-hybridized carbons (Fsp3) is 0.333. The second-order valence-electron chi connectivity index (χ2n) is 3.67. The molecule has 1 aromatic rings. The van der Waals surface area contributed by atoms with Crippen LogP contribution >= 0.6 is 0 Å². The zero-order chi connectivity index (χ0) is 12.1. The van der Waals surface area contributed by atoms with Crippen LogP contribution in [0.1, 0.15) is 32.3 Å². The van der Waals surface area contributed by atoms with E-state index in [4.69, 9.17) is 9.47 Å². The molecule has 0 atom stereocenters. The molecule has 1 rings (SSSR count). The van der Waals surface area contributed by atoms with Gasteiger partial charge >= 0.3 is 5.97 Å². The van der Waals surface area contributed by atoms with Gasteiger partial charge in [-0.15, -0.1) is 0 Å². The van der Waals surface area contributed by atoms with E-state index in [2.05, 4.69) is 0 Å². The molecular weight excluding hydrogens is 208 g/mol. The van der Waals surface area contributed by atoms with E-state index in [0.29, 0.717) is 12.4 Å². The highest BCUT2D eigenvalue weighted by Crippen LogP contribution is 2.30. The number of hydrogen-bond acceptors (Lipinski definition) is 4. The lowest BCUT2D eigenvalue weighted by Gasteiger charge is -2.10. The number of ether oxygens (including phenoxy) is 2. The van der Waals surface area contributed by atoms with Crippen LogP contribution in [0.4, 0.5) is 0 Å². The summed E-state index contributed by atoms with van der Waals surface area (Å²) in [5, 5.41) is 0. The number of benzene rings is 1. The fourth-order valence-corrected chi connectivity index (χ4v) is 1.27.